The summed E-state index contributed by atoms with van der Waals surface area (Å²) in [5, 5.41) is 4.11. The van der Waals surface area contributed by atoms with Crippen LogP contribution in [0.4, 0.5) is 10.5 Å². The minimum Gasteiger partial charge on any atom is -0.385 e. The maximum absolute atomic E-state index is 13.7. The largest absolute Gasteiger partial charge is 0.385 e. The molecule has 1 aromatic heterocycles. The molecule has 1 heterocycles. The third kappa shape index (κ3) is 7.46. The number of aryl methyl sites for hydroxylation is 1. The summed E-state index contributed by atoms with van der Waals surface area (Å²) in [7, 11) is 1.63. The number of carbonyl (C=O) groups excluding carboxylic acids is 2. The number of amides is 3. The summed E-state index contributed by atoms with van der Waals surface area (Å²) in [4.78, 5) is 33.7. The predicted octanol–water partition coefficient (Wildman–Crippen LogP) is 5.62. The Bertz CT molecular complexity index is 1340. The van der Waals surface area contributed by atoms with E-state index in [1.54, 1.807) is 12.0 Å². The summed E-state index contributed by atoms with van der Waals surface area (Å²) < 4.78 is 5.20. The summed E-state index contributed by atoms with van der Waals surface area (Å²) in [5.74, 6) is -0.0921. The molecule has 0 unspecified atom stereocenters. The van der Waals surface area contributed by atoms with Gasteiger partial charge in [-0.15, -0.1) is 0 Å². The Labute approximate surface area is 224 Å². The van der Waals surface area contributed by atoms with Gasteiger partial charge < -0.3 is 24.8 Å². The van der Waals surface area contributed by atoms with Crippen LogP contribution in [0.3, 0.4) is 0 Å². The van der Waals surface area contributed by atoms with E-state index in [0.29, 0.717) is 44.8 Å². The van der Waals surface area contributed by atoms with Crippen molar-refractivity contribution < 1.29 is 14.3 Å². The molecule has 38 heavy (non-hydrogen) atoms. The highest BCUT2D eigenvalue weighted by molar-refractivity contribution is 5.92. The van der Waals surface area contributed by atoms with E-state index < -0.39 is 0 Å². The van der Waals surface area contributed by atoms with Crippen molar-refractivity contribution >= 4 is 28.5 Å². The molecule has 0 aliphatic heterocycles. The summed E-state index contributed by atoms with van der Waals surface area (Å²) in [6.45, 7) is 3.91. The number of hydrogen-bond donors (Lipinski definition) is 2. The molecule has 198 valence electrons. The van der Waals surface area contributed by atoms with Crippen LogP contribution in [-0.4, -0.2) is 60.1 Å². The highest BCUT2D eigenvalue weighted by atomic mass is 16.5. The molecule has 4 rings (SSSR count). The summed E-state index contributed by atoms with van der Waals surface area (Å²) >= 11 is 0. The Morgan fingerprint density at radius 3 is 2.50 bits per heavy atom. The Morgan fingerprint density at radius 2 is 1.71 bits per heavy atom. The first-order valence-corrected chi connectivity index (χ1v) is 13.0. The SMILES string of the molecule is COCCCN(CC(=O)N(CCc1c[nH]c2ccccc12)Cc1ccccc1)C(=O)Nc1cccc(C)c1. The molecule has 2 N–H and O–H groups in total. The van der Waals surface area contributed by atoms with E-state index in [-0.39, 0.29) is 18.5 Å². The van der Waals surface area contributed by atoms with Gasteiger partial charge in [-0.2, -0.15) is 0 Å². The smallest absolute Gasteiger partial charge is 0.322 e. The number of rotatable bonds is 12. The third-order valence-corrected chi connectivity index (χ3v) is 6.55. The number of aromatic nitrogens is 1. The number of nitrogens with zero attached hydrogens (tertiary/aromatic N) is 2. The van der Waals surface area contributed by atoms with Crippen LogP contribution in [0, 0.1) is 6.92 Å². The average molecular weight is 513 g/mol. The van der Waals surface area contributed by atoms with Crippen LogP contribution in [0.5, 0.6) is 0 Å². The van der Waals surface area contributed by atoms with Gasteiger partial charge in [0.1, 0.15) is 6.54 Å². The second-order valence-electron chi connectivity index (χ2n) is 9.48. The topological polar surface area (TPSA) is 77.7 Å². The molecule has 0 spiro atoms. The third-order valence-electron chi connectivity index (χ3n) is 6.55. The van der Waals surface area contributed by atoms with Gasteiger partial charge in [0.05, 0.1) is 0 Å². The lowest BCUT2D eigenvalue weighted by Crippen LogP contribution is -2.45. The molecule has 0 atom stereocenters. The lowest BCUT2D eigenvalue weighted by atomic mass is 10.1. The lowest BCUT2D eigenvalue weighted by molar-refractivity contribution is -0.132. The number of hydrogen-bond acceptors (Lipinski definition) is 3. The van der Waals surface area contributed by atoms with E-state index in [9.17, 15) is 9.59 Å². The Hall–Kier alpha value is -4.10. The van der Waals surface area contributed by atoms with Crippen molar-refractivity contribution in [2.24, 2.45) is 0 Å². The highest BCUT2D eigenvalue weighted by Crippen LogP contribution is 2.19. The fourth-order valence-corrected chi connectivity index (χ4v) is 4.53. The molecule has 0 radical (unpaired) electrons. The molecule has 0 saturated carbocycles. The number of nitrogens with one attached hydrogen (secondary N) is 2. The average Bonchev–Trinajstić information content (AvgIpc) is 3.34. The van der Waals surface area contributed by atoms with Crippen molar-refractivity contribution in [2.75, 3.05) is 38.7 Å². The van der Waals surface area contributed by atoms with E-state index in [0.717, 1.165) is 16.6 Å². The molecule has 0 bridgehead atoms. The van der Waals surface area contributed by atoms with Gasteiger partial charge in [0.15, 0.2) is 0 Å². The lowest BCUT2D eigenvalue weighted by Gasteiger charge is -2.28. The number of urea groups is 1. The van der Waals surface area contributed by atoms with Crippen LogP contribution in [0.2, 0.25) is 0 Å². The van der Waals surface area contributed by atoms with Crippen molar-refractivity contribution in [3.63, 3.8) is 0 Å². The minimum atomic E-state index is -0.295. The molecule has 3 aromatic carbocycles. The van der Waals surface area contributed by atoms with Crippen LogP contribution in [0.15, 0.2) is 85.1 Å². The molecule has 0 aliphatic carbocycles. The second kappa shape index (κ2) is 13.4. The van der Waals surface area contributed by atoms with Crippen molar-refractivity contribution in [2.45, 2.75) is 26.3 Å². The molecule has 4 aromatic rings. The van der Waals surface area contributed by atoms with Crippen molar-refractivity contribution in [1.29, 1.82) is 0 Å². The fourth-order valence-electron chi connectivity index (χ4n) is 4.53. The number of aromatic amines is 1. The molecule has 0 fully saturated rings. The van der Waals surface area contributed by atoms with E-state index >= 15 is 0 Å². The first-order chi connectivity index (χ1) is 18.5. The molecular formula is C31H36N4O3. The van der Waals surface area contributed by atoms with Crippen LogP contribution < -0.4 is 5.32 Å². The van der Waals surface area contributed by atoms with E-state index in [1.807, 2.05) is 84.8 Å². The minimum absolute atomic E-state index is 0.0118. The molecular weight excluding hydrogens is 476 g/mol. The normalized spacial score (nSPS) is 10.9. The van der Waals surface area contributed by atoms with E-state index in [4.69, 9.17) is 4.74 Å². The van der Waals surface area contributed by atoms with Crippen molar-refractivity contribution in [3.05, 3.63) is 102 Å². The molecule has 7 heteroatoms. The summed E-state index contributed by atoms with van der Waals surface area (Å²) in [5.41, 5.74) is 5.06. The van der Waals surface area contributed by atoms with Crippen molar-refractivity contribution in [3.8, 4) is 0 Å². The van der Waals surface area contributed by atoms with Gasteiger partial charge in [-0.25, -0.2) is 4.79 Å². The Balaban J connectivity index is 1.49. The predicted molar refractivity (Wildman–Crippen MR) is 152 cm³/mol. The number of methoxy groups -OCH3 is 1. The maximum Gasteiger partial charge on any atom is 0.322 e. The molecule has 3 amide bonds. The molecule has 7 nitrogen and oxygen atoms in total. The monoisotopic (exact) mass is 512 g/mol. The van der Waals surface area contributed by atoms with E-state index in [2.05, 4.69) is 22.4 Å². The number of H-pyrrole nitrogens is 1. The number of para-hydroxylation sites is 1. The first-order valence-electron chi connectivity index (χ1n) is 13.0. The van der Waals surface area contributed by atoms with Gasteiger partial charge in [0.25, 0.3) is 0 Å². The summed E-state index contributed by atoms with van der Waals surface area (Å²) in [6, 6.07) is 25.5. The Morgan fingerprint density at radius 1 is 0.921 bits per heavy atom. The summed E-state index contributed by atoms with van der Waals surface area (Å²) in [6.07, 6.45) is 3.36. The quantitative estimate of drug-likeness (QED) is 0.242. The zero-order chi connectivity index (χ0) is 26.7. The van der Waals surface area contributed by atoms with Crippen LogP contribution in [-0.2, 0) is 22.5 Å². The number of fused-ring (bicyclic) bond motifs is 1. The zero-order valence-electron chi connectivity index (χ0n) is 22.2. The van der Waals surface area contributed by atoms with Gasteiger partial charge in [-0.1, -0.05) is 60.7 Å². The molecule has 0 saturated heterocycles. The number of benzene rings is 3. The van der Waals surface area contributed by atoms with Gasteiger partial charge in [-0.3, -0.25) is 4.79 Å². The highest BCUT2D eigenvalue weighted by Gasteiger charge is 2.22. The number of ether oxygens (including phenoxy) is 1. The van der Waals surface area contributed by atoms with Crippen LogP contribution in [0.1, 0.15) is 23.1 Å². The first kappa shape index (κ1) is 26.9. The zero-order valence-corrected chi connectivity index (χ0v) is 22.2. The standard InChI is InChI=1S/C31H36N4O3/c1-24-10-8-13-27(20-24)33-31(37)35(17-9-19-38-2)23-30(36)34(22-25-11-4-3-5-12-25)18-16-26-21-32-29-15-7-6-14-28(26)29/h3-8,10-15,20-21,32H,9,16-19,22-23H2,1-2H3,(H,33,37). The Kier molecular flexibility index (Phi) is 9.54. The number of carbonyl (C=O) groups is 2. The fraction of sp³-hybridized carbons (Fsp3) is 0.290. The van der Waals surface area contributed by atoms with Gasteiger partial charge >= 0.3 is 6.03 Å². The van der Waals surface area contributed by atoms with E-state index in [1.165, 1.54) is 10.9 Å². The maximum atomic E-state index is 13.7. The van der Waals surface area contributed by atoms with Gasteiger partial charge in [0, 0.05) is 56.1 Å². The van der Waals surface area contributed by atoms with Crippen LogP contribution >= 0.6 is 0 Å². The molecule has 0 aliphatic rings. The number of anilines is 1. The van der Waals surface area contributed by atoms with Gasteiger partial charge in [0.2, 0.25) is 5.91 Å². The van der Waals surface area contributed by atoms with Crippen molar-refractivity contribution in [1.82, 2.24) is 14.8 Å². The van der Waals surface area contributed by atoms with Crippen LogP contribution in [0.25, 0.3) is 10.9 Å². The van der Waals surface area contributed by atoms with Gasteiger partial charge in [-0.05, 0) is 54.7 Å². The second-order valence-corrected chi connectivity index (χ2v) is 9.48.